The summed E-state index contributed by atoms with van der Waals surface area (Å²) in [6, 6.07) is 2.00. The van der Waals surface area contributed by atoms with Gasteiger partial charge in [0.25, 0.3) is 5.91 Å². The van der Waals surface area contributed by atoms with E-state index in [2.05, 4.69) is 36.1 Å². The minimum Gasteiger partial charge on any atom is -0.396 e. The molecular formula is C18H26N6O. The lowest BCUT2D eigenvalue weighted by molar-refractivity contribution is 0.0783. The number of nitrogens with zero attached hydrogens (tertiary/aromatic N) is 4. The van der Waals surface area contributed by atoms with Crippen molar-refractivity contribution in [1.82, 2.24) is 24.9 Å². The maximum atomic E-state index is 13.0. The Hall–Kier alpha value is -2.31. The van der Waals surface area contributed by atoms with Crippen LogP contribution in [0.25, 0.3) is 0 Å². The number of nitrogen functional groups attached to an aromatic ring is 1. The maximum Gasteiger partial charge on any atom is 0.274 e. The van der Waals surface area contributed by atoms with Crippen LogP contribution < -0.4 is 5.73 Å². The predicted molar refractivity (Wildman–Crippen MR) is 95.5 cm³/mol. The number of nitrogens with one attached hydrogen (secondary N) is 1. The largest absolute Gasteiger partial charge is 0.396 e. The summed E-state index contributed by atoms with van der Waals surface area (Å²) in [6.07, 6.45) is 4.92. The molecule has 0 radical (unpaired) electrons. The lowest BCUT2D eigenvalue weighted by atomic mass is 10.0. The quantitative estimate of drug-likeness (QED) is 0.896. The van der Waals surface area contributed by atoms with Crippen LogP contribution in [0.15, 0.2) is 12.3 Å². The second kappa shape index (κ2) is 5.61. The highest BCUT2D eigenvalue weighted by atomic mass is 16.2. The van der Waals surface area contributed by atoms with Gasteiger partial charge in [0.2, 0.25) is 0 Å². The van der Waals surface area contributed by atoms with Crippen LogP contribution in [0.1, 0.15) is 73.7 Å². The molecule has 0 aromatic carbocycles. The first-order valence-corrected chi connectivity index (χ1v) is 9.03. The zero-order valence-corrected chi connectivity index (χ0v) is 15.1. The molecule has 7 nitrogen and oxygen atoms in total. The fraction of sp³-hybridized carbons (Fsp3) is 0.611. The van der Waals surface area contributed by atoms with Gasteiger partial charge in [-0.25, -0.2) is 0 Å². The van der Waals surface area contributed by atoms with E-state index < -0.39 is 0 Å². The topological polar surface area (TPSA) is 92.8 Å². The summed E-state index contributed by atoms with van der Waals surface area (Å²) in [5, 5.41) is 11.6. The Morgan fingerprint density at radius 2 is 2.04 bits per heavy atom. The van der Waals surface area contributed by atoms with E-state index in [1.54, 1.807) is 6.20 Å². The molecule has 1 aliphatic carbocycles. The summed E-state index contributed by atoms with van der Waals surface area (Å²) >= 11 is 0. The number of hydrogen-bond donors (Lipinski definition) is 2. The number of carbonyl (C=O) groups excluding carboxylic acids is 1. The zero-order chi connectivity index (χ0) is 17.8. The Labute approximate surface area is 147 Å². The third kappa shape index (κ3) is 2.92. The van der Waals surface area contributed by atoms with Crippen molar-refractivity contribution in [3.05, 3.63) is 29.3 Å². The molecule has 3 heterocycles. The van der Waals surface area contributed by atoms with Crippen molar-refractivity contribution in [2.45, 2.75) is 57.4 Å². The van der Waals surface area contributed by atoms with E-state index in [0.29, 0.717) is 23.8 Å². The number of H-pyrrole nitrogens is 1. The van der Waals surface area contributed by atoms with Crippen LogP contribution in [0, 0.1) is 0 Å². The molecule has 7 heteroatoms. The fourth-order valence-electron chi connectivity index (χ4n) is 3.68. The average molecular weight is 342 g/mol. The molecule has 2 aliphatic rings. The second-order valence-electron chi connectivity index (χ2n) is 8.29. The Balaban J connectivity index is 1.55. The van der Waals surface area contributed by atoms with Crippen LogP contribution in [0.4, 0.5) is 5.69 Å². The summed E-state index contributed by atoms with van der Waals surface area (Å²) in [6.45, 7) is 7.78. The first-order chi connectivity index (χ1) is 11.8. The lowest BCUT2D eigenvalue weighted by Gasteiger charge is -2.22. The summed E-state index contributed by atoms with van der Waals surface area (Å²) in [5.74, 6) is 0.800. The number of hydrogen-bond acceptors (Lipinski definition) is 4. The molecular weight excluding hydrogens is 316 g/mol. The summed E-state index contributed by atoms with van der Waals surface area (Å²) < 4.78 is 2.04. The highest BCUT2D eigenvalue weighted by Gasteiger charge is 2.35. The molecule has 0 bridgehead atoms. The van der Waals surface area contributed by atoms with Gasteiger partial charge >= 0.3 is 0 Å². The van der Waals surface area contributed by atoms with Crippen molar-refractivity contribution in [2.24, 2.45) is 0 Å². The number of amides is 1. The number of rotatable bonds is 3. The standard InChI is InChI=1S/C18H26N6O/c1-18(2,3)24-15(11-4-5-11)8-14(22-24)17(25)23-7-6-12(10-23)16-13(19)9-20-21-16/h8-9,11-12H,4-7,10,19H2,1-3H3,(H,20,21). The van der Waals surface area contributed by atoms with Crippen LogP contribution in [-0.4, -0.2) is 43.9 Å². The number of likely N-dealkylation sites (tertiary alicyclic amines) is 1. The van der Waals surface area contributed by atoms with Gasteiger partial charge in [-0.15, -0.1) is 0 Å². The first kappa shape index (κ1) is 16.2. The van der Waals surface area contributed by atoms with Crippen LogP contribution in [0.5, 0.6) is 0 Å². The van der Waals surface area contributed by atoms with E-state index in [-0.39, 0.29) is 17.4 Å². The van der Waals surface area contributed by atoms with Crippen LogP contribution >= 0.6 is 0 Å². The molecule has 0 spiro atoms. The van der Waals surface area contributed by atoms with E-state index >= 15 is 0 Å². The van der Waals surface area contributed by atoms with Crippen molar-refractivity contribution in [2.75, 3.05) is 18.8 Å². The normalized spacial score (nSPS) is 21.1. The Morgan fingerprint density at radius 1 is 1.28 bits per heavy atom. The van der Waals surface area contributed by atoms with Crippen molar-refractivity contribution in [3.63, 3.8) is 0 Å². The van der Waals surface area contributed by atoms with E-state index in [9.17, 15) is 4.79 Å². The van der Waals surface area contributed by atoms with Crippen molar-refractivity contribution >= 4 is 11.6 Å². The average Bonchev–Trinajstić information content (AvgIpc) is 2.99. The number of carbonyl (C=O) groups is 1. The van der Waals surface area contributed by atoms with Crippen LogP contribution in [0.2, 0.25) is 0 Å². The molecule has 134 valence electrons. The molecule has 4 rings (SSSR count). The molecule has 3 N–H and O–H groups in total. The van der Waals surface area contributed by atoms with Gasteiger partial charge < -0.3 is 10.6 Å². The molecule has 2 aromatic rings. The van der Waals surface area contributed by atoms with E-state index in [1.807, 2.05) is 15.6 Å². The monoisotopic (exact) mass is 342 g/mol. The minimum absolute atomic E-state index is 0.0190. The first-order valence-electron chi connectivity index (χ1n) is 9.03. The molecule has 1 saturated carbocycles. The maximum absolute atomic E-state index is 13.0. The third-order valence-corrected chi connectivity index (χ3v) is 5.17. The molecule has 1 saturated heterocycles. The summed E-state index contributed by atoms with van der Waals surface area (Å²) in [7, 11) is 0. The van der Waals surface area contributed by atoms with Gasteiger partial charge in [0.1, 0.15) is 0 Å². The number of aromatic nitrogens is 4. The second-order valence-corrected chi connectivity index (χ2v) is 8.29. The number of anilines is 1. The molecule has 1 unspecified atom stereocenters. The van der Waals surface area contributed by atoms with Gasteiger partial charge in [0, 0.05) is 30.6 Å². The van der Waals surface area contributed by atoms with Gasteiger partial charge in [-0.2, -0.15) is 10.2 Å². The van der Waals surface area contributed by atoms with Crippen molar-refractivity contribution in [1.29, 1.82) is 0 Å². The van der Waals surface area contributed by atoms with Gasteiger partial charge in [-0.3, -0.25) is 14.6 Å². The predicted octanol–water partition coefficient (Wildman–Crippen LogP) is 2.45. The van der Waals surface area contributed by atoms with Crippen molar-refractivity contribution < 1.29 is 4.79 Å². The Bertz CT molecular complexity index is 795. The van der Waals surface area contributed by atoms with Crippen LogP contribution in [-0.2, 0) is 5.54 Å². The number of nitrogens with two attached hydrogens (primary N) is 1. The van der Waals surface area contributed by atoms with Gasteiger partial charge in [0.05, 0.1) is 23.1 Å². The smallest absolute Gasteiger partial charge is 0.274 e. The molecule has 1 amide bonds. The SMILES string of the molecule is CC(C)(C)n1nc(C(=O)N2CCC(c3[nH]ncc3N)C2)cc1C1CC1. The van der Waals surface area contributed by atoms with Gasteiger partial charge in [-0.05, 0) is 46.1 Å². The summed E-state index contributed by atoms with van der Waals surface area (Å²) in [4.78, 5) is 14.9. The fourth-order valence-corrected chi connectivity index (χ4v) is 3.68. The molecule has 1 atom stereocenters. The minimum atomic E-state index is -0.117. The molecule has 2 aromatic heterocycles. The molecule has 25 heavy (non-hydrogen) atoms. The third-order valence-electron chi connectivity index (χ3n) is 5.17. The summed E-state index contributed by atoms with van der Waals surface area (Å²) in [5.41, 5.74) is 9.21. The van der Waals surface area contributed by atoms with Crippen molar-refractivity contribution in [3.8, 4) is 0 Å². The highest BCUT2D eigenvalue weighted by Crippen LogP contribution is 2.42. The van der Waals surface area contributed by atoms with E-state index in [4.69, 9.17) is 5.73 Å². The van der Waals surface area contributed by atoms with E-state index in [1.165, 1.54) is 18.5 Å². The molecule has 1 aliphatic heterocycles. The lowest BCUT2D eigenvalue weighted by Crippen LogP contribution is -2.30. The van der Waals surface area contributed by atoms with Crippen LogP contribution in [0.3, 0.4) is 0 Å². The van der Waals surface area contributed by atoms with Gasteiger partial charge in [-0.1, -0.05) is 0 Å². The number of aromatic amines is 1. The van der Waals surface area contributed by atoms with Gasteiger partial charge in [0.15, 0.2) is 5.69 Å². The zero-order valence-electron chi connectivity index (χ0n) is 15.1. The Kier molecular flexibility index (Phi) is 3.63. The Morgan fingerprint density at radius 3 is 2.64 bits per heavy atom. The highest BCUT2D eigenvalue weighted by molar-refractivity contribution is 5.92. The van der Waals surface area contributed by atoms with E-state index in [0.717, 1.165) is 18.7 Å². The molecule has 2 fully saturated rings.